The second-order valence-corrected chi connectivity index (χ2v) is 5.22. The number of nitrogens with one attached hydrogen (secondary N) is 1. The molecule has 0 saturated carbocycles. The van der Waals surface area contributed by atoms with Crippen molar-refractivity contribution in [3.63, 3.8) is 0 Å². The van der Waals surface area contributed by atoms with Crippen LogP contribution in [0.15, 0.2) is 28.7 Å². The molecule has 0 heterocycles. The molecule has 0 aliphatic rings. The number of amides is 1. The lowest BCUT2D eigenvalue weighted by Crippen LogP contribution is -2.41. The molecule has 17 heavy (non-hydrogen) atoms. The summed E-state index contributed by atoms with van der Waals surface area (Å²) in [6.07, 6.45) is 0. The van der Waals surface area contributed by atoms with Gasteiger partial charge in [-0.1, -0.05) is 34.1 Å². The van der Waals surface area contributed by atoms with Crippen LogP contribution in [-0.4, -0.2) is 12.5 Å². The Kier molecular flexibility index (Phi) is 6.75. The fraction of sp³-hybridized carbons (Fsp3) is 0.417. The van der Waals surface area contributed by atoms with E-state index in [1.54, 1.807) is 0 Å². The molecule has 0 radical (unpaired) electrons. The van der Waals surface area contributed by atoms with E-state index in [0.717, 1.165) is 10.0 Å². The fourth-order valence-corrected chi connectivity index (χ4v) is 1.57. The van der Waals surface area contributed by atoms with Gasteiger partial charge < -0.3 is 11.1 Å². The number of benzene rings is 1. The molecule has 3 N–H and O–H groups in total. The van der Waals surface area contributed by atoms with Crippen LogP contribution in [0.2, 0.25) is 0 Å². The minimum atomic E-state index is -0.513. The first kappa shape index (κ1) is 16.4. The van der Waals surface area contributed by atoms with Crippen molar-refractivity contribution in [3.8, 4) is 0 Å². The smallest absolute Gasteiger partial charge is 0.227 e. The van der Waals surface area contributed by atoms with Crippen molar-refractivity contribution in [2.45, 2.75) is 20.4 Å². The Morgan fingerprint density at radius 3 is 2.53 bits per heavy atom. The van der Waals surface area contributed by atoms with Gasteiger partial charge in [0.15, 0.2) is 0 Å². The number of rotatable bonds is 4. The highest BCUT2D eigenvalue weighted by molar-refractivity contribution is 9.10. The summed E-state index contributed by atoms with van der Waals surface area (Å²) in [5, 5.41) is 2.88. The molecule has 0 aliphatic carbocycles. The van der Waals surface area contributed by atoms with Crippen LogP contribution in [0.3, 0.4) is 0 Å². The van der Waals surface area contributed by atoms with E-state index in [1.165, 1.54) is 0 Å². The van der Waals surface area contributed by atoms with Gasteiger partial charge in [-0.3, -0.25) is 4.79 Å². The van der Waals surface area contributed by atoms with E-state index in [4.69, 9.17) is 5.73 Å². The number of carbonyl (C=O) groups excluding carboxylic acids is 1. The molecule has 0 aliphatic heterocycles. The first-order valence-electron chi connectivity index (χ1n) is 5.19. The summed E-state index contributed by atoms with van der Waals surface area (Å²) in [6, 6.07) is 7.81. The van der Waals surface area contributed by atoms with E-state index in [0.29, 0.717) is 13.1 Å². The van der Waals surface area contributed by atoms with Gasteiger partial charge in [0.25, 0.3) is 0 Å². The normalized spacial score (nSPS) is 10.6. The van der Waals surface area contributed by atoms with Crippen molar-refractivity contribution in [1.82, 2.24) is 5.32 Å². The van der Waals surface area contributed by atoms with Crippen molar-refractivity contribution in [2.24, 2.45) is 11.1 Å². The maximum atomic E-state index is 11.8. The fourth-order valence-electron chi connectivity index (χ4n) is 1.15. The highest BCUT2D eigenvalue weighted by atomic mass is 79.9. The highest BCUT2D eigenvalue weighted by Gasteiger charge is 2.25. The molecule has 0 fully saturated rings. The Balaban J connectivity index is 0.00000256. The Hall–Kier alpha value is -0.580. The standard InChI is InChI=1S/C12H17BrN2O.ClH/c1-12(2,8-14)11(16)15-7-9-5-3-4-6-10(9)13;/h3-6H,7-8,14H2,1-2H3,(H,15,16);1H. The average molecular weight is 322 g/mol. The molecule has 96 valence electrons. The topological polar surface area (TPSA) is 55.1 Å². The van der Waals surface area contributed by atoms with Crippen molar-refractivity contribution >= 4 is 34.2 Å². The van der Waals surface area contributed by atoms with E-state index in [1.807, 2.05) is 38.1 Å². The van der Waals surface area contributed by atoms with Crippen molar-refractivity contribution in [3.05, 3.63) is 34.3 Å². The monoisotopic (exact) mass is 320 g/mol. The molecule has 5 heteroatoms. The molecule has 3 nitrogen and oxygen atoms in total. The number of nitrogens with two attached hydrogens (primary N) is 1. The predicted molar refractivity (Wildman–Crippen MR) is 76.1 cm³/mol. The van der Waals surface area contributed by atoms with Gasteiger partial charge in [0.1, 0.15) is 0 Å². The third kappa shape index (κ3) is 4.66. The Morgan fingerprint density at radius 1 is 1.41 bits per heavy atom. The molecule has 1 amide bonds. The minimum absolute atomic E-state index is 0. The van der Waals surface area contributed by atoms with Crippen LogP contribution >= 0.6 is 28.3 Å². The van der Waals surface area contributed by atoms with E-state index in [-0.39, 0.29) is 18.3 Å². The summed E-state index contributed by atoms with van der Waals surface area (Å²) in [7, 11) is 0. The highest BCUT2D eigenvalue weighted by Crippen LogP contribution is 2.17. The van der Waals surface area contributed by atoms with Gasteiger partial charge in [-0.15, -0.1) is 12.4 Å². The molecule has 0 atom stereocenters. The number of hydrogen-bond acceptors (Lipinski definition) is 2. The van der Waals surface area contributed by atoms with Crippen LogP contribution in [-0.2, 0) is 11.3 Å². The number of carbonyl (C=O) groups is 1. The van der Waals surface area contributed by atoms with Crippen molar-refractivity contribution < 1.29 is 4.79 Å². The van der Waals surface area contributed by atoms with E-state index in [2.05, 4.69) is 21.2 Å². The Morgan fingerprint density at radius 2 is 2.00 bits per heavy atom. The lowest BCUT2D eigenvalue weighted by molar-refractivity contribution is -0.129. The summed E-state index contributed by atoms with van der Waals surface area (Å²) >= 11 is 3.44. The molecule has 1 rings (SSSR count). The third-order valence-electron chi connectivity index (χ3n) is 2.52. The Labute approximate surface area is 117 Å². The van der Waals surface area contributed by atoms with Gasteiger partial charge in [-0.2, -0.15) is 0 Å². The molecule has 0 spiro atoms. The molecule has 1 aromatic carbocycles. The molecule has 0 saturated heterocycles. The number of hydrogen-bond donors (Lipinski definition) is 2. The summed E-state index contributed by atoms with van der Waals surface area (Å²) < 4.78 is 1.00. The summed E-state index contributed by atoms with van der Waals surface area (Å²) in [5.41, 5.74) is 6.08. The Bertz CT molecular complexity index is 383. The quantitative estimate of drug-likeness (QED) is 0.895. The lowest BCUT2D eigenvalue weighted by Gasteiger charge is -2.21. The maximum Gasteiger partial charge on any atom is 0.227 e. The average Bonchev–Trinajstić information content (AvgIpc) is 2.27. The summed E-state index contributed by atoms with van der Waals surface area (Å²) in [5.74, 6) is -0.0225. The second-order valence-electron chi connectivity index (χ2n) is 4.36. The van der Waals surface area contributed by atoms with Crippen LogP contribution < -0.4 is 11.1 Å². The van der Waals surface area contributed by atoms with Crippen LogP contribution in [0.4, 0.5) is 0 Å². The lowest BCUT2D eigenvalue weighted by atomic mass is 9.92. The summed E-state index contributed by atoms with van der Waals surface area (Å²) in [4.78, 5) is 11.8. The molecule has 0 aromatic heterocycles. The third-order valence-corrected chi connectivity index (χ3v) is 3.30. The van der Waals surface area contributed by atoms with Gasteiger partial charge in [0.2, 0.25) is 5.91 Å². The zero-order valence-corrected chi connectivity index (χ0v) is 12.4. The van der Waals surface area contributed by atoms with Gasteiger partial charge in [-0.05, 0) is 25.5 Å². The predicted octanol–water partition coefficient (Wildman–Crippen LogP) is 2.47. The molecule has 0 unspecified atom stereocenters. The largest absolute Gasteiger partial charge is 0.351 e. The van der Waals surface area contributed by atoms with E-state index < -0.39 is 5.41 Å². The van der Waals surface area contributed by atoms with E-state index >= 15 is 0 Å². The maximum absolute atomic E-state index is 11.8. The molecule has 0 bridgehead atoms. The van der Waals surface area contributed by atoms with Gasteiger partial charge in [0.05, 0.1) is 5.41 Å². The SMILES string of the molecule is CC(C)(CN)C(=O)NCc1ccccc1Br.Cl. The van der Waals surface area contributed by atoms with Crippen molar-refractivity contribution in [1.29, 1.82) is 0 Å². The molecule has 1 aromatic rings. The van der Waals surface area contributed by atoms with E-state index in [9.17, 15) is 4.79 Å². The first-order chi connectivity index (χ1) is 7.47. The number of halogens is 2. The van der Waals surface area contributed by atoms with Gasteiger partial charge in [-0.25, -0.2) is 0 Å². The van der Waals surface area contributed by atoms with Crippen LogP contribution in [0, 0.1) is 5.41 Å². The minimum Gasteiger partial charge on any atom is -0.351 e. The van der Waals surface area contributed by atoms with Crippen LogP contribution in [0.1, 0.15) is 19.4 Å². The van der Waals surface area contributed by atoms with Crippen LogP contribution in [0.25, 0.3) is 0 Å². The zero-order valence-electron chi connectivity index (χ0n) is 10.00. The first-order valence-corrected chi connectivity index (χ1v) is 5.98. The van der Waals surface area contributed by atoms with Gasteiger partial charge in [0, 0.05) is 17.6 Å². The summed E-state index contributed by atoms with van der Waals surface area (Å²) in [6.45, 7) is 4.53. The zero-order chi connectivity index (χ0) is 12.2. The molecular formula is C12H18BrClN2O. The molecular weight excluding hydrogens is 304 g/mol. The second kappa shape index (κ2) is 6.99. The van der Waals surface area contributed by atoms with Crippen LogP contribution in [0.5, 0.6) is 0 Å². The van der Waals surface area contributed by atoms with Crippen molar-refractivity contribution in [2.75, 3.05) is 6.54 Å². The van der Waals surface area contributed by atoms with Gasteiger partial charge >= 0.3 is 0 Å².